The van der Waals surface area contributed by atoms with Gasteiger partial charge < -0.3 is 4.52 Å². The first-order valence-electron chi connectivity index (χ1n) is 5.25. The Labute approximate surface area is 99.4 Å². The number of hydrogen-bond acceptors (Lipinski definition) is 3. The summed E-state index contributed by atoms with van der Waals surface area (Å²) in [6.07, 6.45) is 0.786. The van der Waals surface area contributed by atoms with Gasteiger partial charge in [-0.2, -0.15) is 4.98 Å². The highest BCUT2D eigenvalue weighted by atomic mass is 35.5. The van der Waals surface area contributed by atoms with Gasteiger partial charge in [-0.1, -0.05) is 29.8 Å². The van der Waals surface area contributed by atoms with Gasteiger partial charge in [-0.3, -0.25) is 0 Å². The summed E-state index contributed by atoms with van der Waals surface area (Å²) < 4.78 is 5.18. The van der Waals surface area contributed by atoms with E-state index < -0.39 is 0 Å². The van der Waals surface area contributed by atoms with Gasteiger partial charge in [-0.05, 0) is 25.5 Å². The molecule has 4 heteroatoms. The first-order chi connectivity index (χ1) is 7.70. The number of alkyl halides is 1. The Hall–Kier alpha value is -1.35. The van der Waals surface area contributed by atoms with Gasteiger partial charge in [0.2, 0.25) is 0 Å². The highest BCUT2D eigenvalue weighted by Crippen LogP contribution is 2.24. The molecule has 0 bridgehead atoms. The zero-order valence-electron chi connectivity index (χ0n) is 9.27. The lowest BCUT2D eigenvalue weighted by atomic mass is 10.1. The molecule has 2 rings (SSSR count). The quantitative estimate of drug-likeness (QED) is 0.763. The van der Waals surface area contributed by atoms with Crippen molar-refractivity contribution in [2.24, 2.45) is 0 Å². The van der Waals surface area contributed by atoms with Crippen LogP contribution in [0.5, 0.6) is 0 Å². The molecule has 1 heterocycles. The highest BCUT2D eigenvalue weighted by molar-refractivity contribution is 6.20. The third-order valence-electron chi connectivity index (χ3n) is 2.35. The van der Waals surface area contributed by atoms with Gasteiger partial charge in [0.05, 0.1) is 5.38 Å². The molecule has 0 spiro atoms. The maximum absolute atomic E-state index is 6.04. The topological polar surface area (TPSA) is 38.9 Å². The number of hydrogen-bond donors (Lipinski definition) is 0. The lowest BCUT2D eigenvalue weighted by molar-refractivity contribution is 0.421. The minimum Gasteiger partial charge on any atom is -0.334 e. The molecule has 1 atom stereocenters. The van der Waals surface area contributed by atoms with Crippen LogP contribution in [-0.2, 0) is 0 Å². The highest BCUT2D eigenvalue weighted by Gasteiger charge is 2.14. The third kappa shape index (κ3) is 2.25. The Morgan fingerprint density at radius 1 is 1.44 bits per heavy atom. The molecule has 0 saturated heterocycles. The first kappa shape index (κ1) is 11.1. The molecule has 0 aliphatic heterocycles. The molecule has 3 nitrogen and oxygen atoms in total. The normalized spacial score (nSPS) is 12.7. The van der Waals surface area contributed by atoms with Crippen molar-refractivity contribution in [2.75, 3.05) is 0 Å². The van der Waals surface area contributed by atoms with E-state index in [1.54, 1.807) is 0 Å². The summed E-state index contributed by atoms with van der Waals surface area (Å²) in [5.41, 5.74) is 2.09. The smallest absolute Gasteiger partial charge is 0.257 e. The summed E-state index contributed by atoms with van der Waals surface area (Å²) in [6.45, 7) is 4.01. The molecular formula is C12H13ClN2O. The van der Waals surface area contributed by atoms with Crippen molar-refractivity contribution in [3.05, 3.63) is 35.7 Å². The fourth-order valence-electron chi connectivity index (χ4n) is 1.44. The van der Waals surface area contributed by atoms with Crippen LogP contribution in [-0.4, -0.2) is 10.1 Å². The third-order valence-corrected chi connectivity index (χ3v) is 2.85. The lowest BCUT2D eigenvalue weighted by Crippen LogP contribution is -1.90. The van der Waals surface area contributed by atoms with Crippen LogP contribution < -0.4 is 0 Å². The number of aromatic nitrogens is 2. The molecule has 1 aromatic carbocycles. The summed E-state index contributed by atoms with van der Waals surface area (Å²) in [4.78, 5) is 4.28. The maximum Gasteiger partial charge on any atom is 0.257 e. The molecule has 1 unspecified atom stereocenters. The lowest BCUT2D eigenvalue weighted by Gasteiger charge is -1.97. The van der Waals surface area contributed by atoms with Gasteiger partial charge in [-0.15, -0.1) is 11.6 Å². The Morgan fingerprint density at radius 3 is 2.94 bits per heavy atom. The van der Waals surface area contributed by atoms with Gasteiger partial charge in [-0.25, -0.2) is 0 Å². The van der Waals surface area contributed by atoms with Crippen molar-refractivity contribution < 1.29 is 4.52 Å². The first-order valence-corrected chi connectivity index (χ1v) is 5.69. The summed E-state index contributed by atoms with van der Waals surface area (Å²) >= 11 is 6.04. The molecular weight excluding hydrogens is 224 g/mol. The van der Waals surface area contributed by atoms with E-state index in [9.17, 15) is 0 Å². The SMILES string of the molecule is CCC(Cl)c1noc(-c2cccc(C)c2)n1. The van der Waals surface area contributed by atoms with Crippen LogP contribution in [0.2, 0.25) is 0 Å². The largest absolute Gasteiger partial charge is 0.334 e. The summed E-state index contributed by atoms with van der Waals surface area (Å²) in [5, 5.41) is 3.70. The van der Waals surface area contributed by atoms with Crippen LogP contribution in [0, 0.1) is 6.92 Å². The number of nitrogens with zero attached hydrogens (tertiary/aromatic N) is 2. The monoisotopic (exact) mass is 236 g/mol. The minimum atomic E-state index is -0.178. The molecule has 16 heavy (non-hydrogen) atoms. The molecule has 0 saturated carbocycles. The number of aryl methyl sites for hydroxylation is 1. The maximum atomic E-state index is 6.04. The molecule has 0 fully saturated rings. The average molecular weight is 237 g/mol. The van der Waals surface area contributed by atoms with Crippen LogP contribution in [0.25, 0.3) is 11.5 Å². The zero-order valence-corrected chi connectivity index (χ0v) is 10.0. The van der Waals surface area contributed by atoms with Gasteiger partial charge in [0, 0.05) is 5.56 Å². The Morgan fingerprint density at radius 2 is 2.25 bits per heavy atom. The van der Waals surface area contributed by atoms with Crippen LogP contribution in [0.4, 0.5) is 0 Å². The fraction of sp³-hybridized carbons (Fsp3) is 0.333. The zero-order chi connectivity index (χ0) is 11.5. The van der Waals surface area contributed by atoms with Crippen molar-refractivity contribution in [3.8, 4) is 11.5 Å². The molecule has 0 aliphatic rings. The van der Waals surface area contributed by atoms with Crippen LogP contribution in [0.3, 0.4) is 0 Å². The van der Waals surface area contributed by atoms with Gasteiger partial charge in [0.25, 0.3) is 5.89 Å². The van der Waals surface area contributed by atoms with E-state index in [-0.39, 0.29) is 5.38 Å². The van der Waals surface area contributed by atoms with E-state index in [1.807, 2.05) is 38.1 Å². The van der Waals surface area contributed by atoms with Gasteiger partial charge in [0.15, 0.2) is 5.82 Å². The second-order valence-corrected chi connectivity index (χ2v) is 4.23. The summed E-state index contributed by atoms with van der Waals surface area (Å²) in [6, 6.07) is 7.94. The van der Waals surface area contributed by atoms with Crippen LogP contribution in [0.1, 0.15) is 30.1 Å². The van der Waals surface area contributed by atoms with E-state index in [1.165, 1.54) is 0 Å². The minimum absolute atomic E-state index is 0.178. The Balaban J connectivity index is 2.31. The van der Waals surface area contributed by atoms with Crippen molar-refractivity contribution >= 4 is 11.6 Å². The predicted octanol–water partition coefficient (Wildman–Crippen LogP) is 3.73. The molecule has 0 radical (unpaired) electrons. The second-order valence-electron chi connectivity index (χ2n) is 3.70. The van der Waals surface area contributed by atoms with Crippen molar-refractivity contribution in [2.45, 2.75) is 25.6 Å². The van der Waals surface area contributed by atoms with E-state index in [2.05, 4.69) is 10.1 Å². The van der Waals surface area contributed by atoms with Gasteiger partial charge in [0.1, 0.15) is 0 Å². The molecule has 2 aromatic rings. The standard InChI is InChI=1S/C12H13ClN2O/c1-3-10(13)11-14-12(16-15-11)9-6-4-5-8(2)7-9/h4-7,10H,3H2,1-2H3. The van der Waals surface area contributed by atoms with Crippen molar-refractivity contribution in [1.29, 1.82) is 0 Å². The number of rotatable bonds is 3. The Bertz CT molecular complexity index is 481. The molecule has 0 amide bonds. The second kappa shape index (κ2) is 4.66. The van der Waals surface area contributed by atoms with Crippen LogP contribution >= 0.6 is 11.6 Å². The van der Waals surface area contributed by atoms with E-state index in [0.717, 1.165) is 17.5 Å². The van der Waals surface area contributed by atoms with E-state index >= 15 is 0 Å². The van der Waals surface area contributed by atoms with Crippen molar-refractivity contribution in [3.63, 3.8) is 0 Å². The number of benzene rings is 1. The van der Waals surface area contributed by atoms with Crippen molar-refractivity contribution in [1.82, 2.24) is 10.1 Å². The van der Waals surface area contributed by atoms with Crippen LogP contribution in [0.15, 0.2) is 28.8 Å². The van der Waals surface area contributed by atoms with E-state index in [4.69, 9.17) is 16.1 Å². The predicted molar refractivity (Wildman–Crippen MR) is 63.4 cm³/mol. The number of halogens is 1. The van der Waals surface area contributed by atoms with Gasteiger partial charge >= 0.3 is 0 Å². The average Bonchev–Trinajstić information content (AvgIpc) is 2.77. The molecule has 0 aliphatic carbocycles. The summed E-state index contributed by atoms with van der Waals surface area (Å²) in [7, 11) is 0. The summed E-state index contributed by atoms with van der Waals surface area (Å²) in [5.74, 6) is 1.08. The Kier molecular flexibility index (Phi) is 3.25. The molecule has 1 aromatic heterocycles. The molecule has 0 N–H and O–H groups in total. The molecule has 84 valence electrons. The fourth-order valence-corrected chi connectivity index (χ4v) is 1.53. The van der Waals surface area contributed by atoms with E-state index in [0.29, 0.717) is 11.7 Å².